The van der Waals surface area contributed by atoms with E-state index in [0.717, 1.165) is 38.4 Å². The van der Waals surface area contributed by atoms with Gasteiger partial charge in [0.2, 0.25) is 0 Å². The number of anilines is 1. The minimum Gasteiger partial charge on any atom is -0.333 e. The van der Waals surface area contributed by atoms with Gasteiger partial charge in [-0.25, -0.2) is 13.4 Å². The van der Waals surface area contributed by atoms with Gasteiger partial charge in [-0.2, -0.15) is 0 Å². The van der Waals surface area contributed by atoms with Crippen LogP contribution in [0.2, 0.25) is 0 Å². The lowest BCUT2D eigenvalue weighted by Crippen LogP contribution is -2.17. The summed E-state index contributed by atoms with van der Waals surface area (Å²) in [4.78, 5) is 8.21. The summed E-state index contributed by atoms with van der Waals surface area (Å²) in [6, 6.07) is 19.1. The lowest BCUT2D eigenvalue weighted by molar-refractivity contribution is 0.600. The second-order valence-electron chi connectivity index (χ2n) is 7.34. The van der Waals surface area contributed by atoms with Gasteiger partial charge < -0.3 is 4.98 Å². The fourth-order valence-electron chi connectivity index (χ4n) is 3.68. The summed E-state index contributed by atoms with van der Waals surface area (Å²) >= 11 is 1.54. The highest BCUT2D eigenvalue weighted by Crippen LogP contribution is 2.29. The number of thioether (sulfide) groups is 1. The number of nitrogens with one attached hydrogen (secondary N) is 2. The van der Waals surface area contributed by atoms with Gasteiger partial charge in [0.15, 0.2) is 5.16 Å². The number of sulfonamides is 1. The minimum atomic E-state index is -3.70. The van der Waals surface area contributed by atoms with E-state index >= 15 is 0 Å². The maximum Gasteiger partial charge on any atom is 0.262 e. The molecule has 0 radical (unpaired) electrons. The van der Waals surface area contributed by atoms with E-state index in [2.05, 4.69) is 14.7 Å². The van der Waals surface area contributed by atoms with Crippen molar-refractivity contribution in [2.45, 2.75) is 36.6 Å². The van der Waals surface area contributed by atoms with Gasteiger partial charge in [-0.15, -0.1) is 0 Å². The van der Waals surface area contributed by atoms with Crippen molar-refractivity contribution >= 4 is 38.5 Å². The van der Waals surface area contributed by atoms with Crippen LogP contribution in [0, 0.1) is 20.8 Å². The molecule has 1 aromatic heterocycles. The first kappa shape index (κ1) is 20.5. The number of fused-ring (bicyclic) bond motifs is 1. The molecule has 30 heavy (non-hydrogen) atoms. The third kappa shape index (κ3) is 4.22. The molecule has 154 valence electrons. The Morgan fingerprint density at radius 1 is 0.967 bits per heavy atom. The monoisotopic (exact) mass is 437 g/mol. The molecule has 0 aliphatic rings. The van der Waals surface area contributed by atoms with Crippen molar-refractivity contribution in [1.82, 2.24) is 9.97 Å². The average Bonchev–Trinajstić information content (AvgIpc) is 3.09. The standard InChI is InChI=1S/C23H23N3O2S2/c1-15-12-16(2)22(17(3)13-15)30(27,28)26-19-9-5-4-8-18(19)14-29-23-24-20-10-6-7-11-21(20)25-23/h4-13,26H,14H2,1-3H3,(H,24,25). The van der Waals surface area contributed by atoms with Crippen molar-refractivity contribution in [3.8, 4) is 0 Å². The van der Waals surface area contributed by atoms with Crippen LogP contribution >= 0.6 is 11.8 Å². The SMILES string of the molecule is Cc1cc(C)c(S(=O)(=O)Nc2ccccc2CSc2nc3ccccc3[nH]2)c(C)c1. The fraction of sp³-hybridized carbons (Fsp3) is 0.174. The summed E-state index contributed by atoms with van der Waals surface area (Å²) in [6.45, 7) is 5.63. The Labute approximate surface area is 181 Å². The van der Waals surface area contributed by atoms with Gasteiger partial charge in [-0.3, -0.25) is 4.72 Å². The molecule has 0 atom stereocenters. The largest absolute Gasteiger partial charge is 0.333 e. The highest BCUT2D eigenvalue weighted by Gasteiger charge is 2.21. The number of aromatic nitrogens is 2. The van der Waals surface area contributed by atoms with Crippen LogP contribution in [0.1, 0.15) is 22.3 Å². The van der Waals surface area contributed by atoms with Crippen molar-refractivity contribution in [2.75, 3.05) is 4.72 Å². The van der Waals surface area contributed by atoms with Crippen molar-refractivity contribution in [1.29, 1.82) is 0 Å². The summed E-state index contributed by atoms with van der Waals surface area (Å²) < 4.78 is 29.1. The smallest absolute Gasteiger partial charge is 0.262 e. The van der Waals surface area contributed by atoms with E-state index < -0.39 is 10.0 Å². The Morgan fingerprint density at radius 2 is 1.63 bits per heavy atom. The van der Waals surface area contributed by atoms with Crippen LogP contribution in [0.4, 0.5) is 5.69 Å². The lowest BCUT2D eigenvalue weighted by atomic mass is 10.1. The molecule has 3 aromatic carbocycles. The quantitative estimate of drug-likeness (QED) is 0.386. The number of H-pyrrole nitrogens is 1. The maximum atomic E-state index is 13.2. The van der Waals surface area contributed by atoms with Crippen molar-refractivity contribution in [3.05, 3.63) is 82.9 Å². The van der Waals surface area contributed by atoms with Crippen LogP contribution in [0.15, 0.2) is 70.7 Å². The summed E-state index contributed by atoms with van der Waals surface area (Å²) in [7, 11) is -3.70. The van der Waals surface area contributed by atoms with Crippen LogP contribution in [0.3, 0.4) is 0 Å². The molecule has 0 unspecified atom stereocenters. The molecular weight excluding hydrogens is 414 g/mol. The number of rotatable bonds is 6. The Morgan fingerprint density at radius 3 is 2.37 bits per heavy atom. The molecule has 0 fully saturated rings. The summed E-state index contributed by atoms with van der Waals surface area (Å²) in [6.07, 6.45) is 0. The van der Waals surface area contributed by atoms with Crippen LogP contribution in [0.5, 0.6) is 0 Å². The zero-order valence-corrected chi connectivity index (χ0v) is 18.7. The van der Waals surface area contributed by atoms with Gasteiger partial charge in [0.1, 0.15) is 0 Å². The zero-order valence-electron chi connectivity index (χ0n) is 17.1. The summed E-state index contributed by atoms with van der Waals surface area (Å²) in [5, 5.41) is 0.805. The van der Waals surface area contributed by atoms with E-state index in [-0.39, 0.29) is 0 Å². The molecule has 2 N–H and O–H groups in total. The Bertz CT molecular complexity index is 1270. The Hall–Kier alpha value is -2.77. The third-order valence-corrected chi connectivity index (χ3v) is 7.46. The molecule has 7 heteroatoms. The molecule has 0 spiro atoms. The minimum absolute atomic E-state index is 0.341. The molecule has 0 aliphatic carbocycles. The number of imidazole rings is 1. The normalized spacial score (nSPS) is 11.7. The molecule has 0 bridgehead atoms. The molecule has 0 amide bonds. The average molecular weight is 438 g/mol. The first-order valence-corrected chi connectivity index (χ1v) is 12.1. The van der Waals surface area contributed by atoms with Gasteiger partial charge in [-0.05, 0) is 55.7 Å². The number of aromatic amines is 1. The molecule has 1 heterocycles. The summed E-state index contributed by atoms with van der Waals surface area (Å²) in [5.41, 5.74) is 5.92. The lowest BCUT2D eigenvalue weighted by Gasteiger charge is -2.16. The van der Waals surface area contributed by atoms with E-state index in [0.29, 0.717) is 16.3 Å². The third-order valence-electron chi connectivity index (χ3n) is 4.87. The van der Waals surface area contributed by atoms with E-state index in [1.54, 1.807) is 17.8 Å². The van der Waals surface area contributed by atoms with Crippen LogP contribution < -0.4 is 4.72 Å². The van der Waals surface area contributed by atoms with E-state index in [9.17, 15) is 8.42 Å². The van der Waals surface area contributed by atoms with Crippen LogP contribution in [-0.4, -0.2) is 18.4 Å². The van der Waals surface area contributed by atoms with Gasteiger partial charge in [0, 0.05) is 5.75 Å². The van der Waals surface area contributed by atoms with Gasteiger partial charge in [0.25, 0.3) is 10.0 Å². The van der Waals surface area contributed by atoms with Crippen LogP contribution in [-0.2, 0) is 15.8 Å². The van der Waals surface area contributed by atoms with Crippen molar-refractivity contribution < 1.29 is 8.42 Å². The number of benzene rings is 3. The van der Waals surface area contributed by atoms with Crippen LogP contribution in [0.25, 0.3) is 11.0 Å². The van der Waals surface area contributed by atoms with E-state index in [4.69, 9.17) is 0 Å². The molecular formula is C23H23N3O2S2. The number of hydrogen-bond donors (Lipinski definition) is 2. The number of nitrogens with zero attached hydrogens (tertiary/aromatic N) is 1. The molecule has 0 saturated heterocycles. The first-order valence-electron chi connectivity index (χ1n) is 9.59. The number of aryl methyl sites for hydroxylation is 3. The van der Waals surface area contributed by atoms with Crippen molar-refractivity contribution in [2.24, 2.45) is 0 Å². The second kappa shape index (κ2) is 8.16. The van der Waals surface area contributed by atoms with E-state index in [1.807, 2.05) is 75.4 Å². The predicted molar refractivity (Wildman–Crippen MR) is 124 cm³/mol. The number of hydrogen-bond acceptors (Lipinski definition) is 4. The maximum absolute atomic E-state index is 13.2. The Balaban J connectivity index is 1.59. The second-order valence-corrected chi connectivity index (χ2v) is 9.92. The van der Waals surface area contributed by atoms with Crippen molar-refractivity contribution in [3.63, 3.8) is 0 Å². The number of para-hydroxylation sites is 3. The van der Waals surface area contributed by atoms with E-state index in [1.165, 1.54) is 0 Å². The Kier molecular flexibility index (Phi) is 5.58. The highest BCUT2D eigenvalue weighted by atomic mass is 32.2. The zero-order chi connectivity index (χ0) is 21.3. The van der Waals surface area contributed by atoms with Gasteiger partial charge in [-0.1, -0.05) is 59.8 Å². The molecule has 0 saturated carbocycles. The first-order chi connectivity index (χ1) is 14.3. The highest BCUT2D eigenvalue weighted by molar-refractivity contribution is 7.98. The molecule has 4 rings (SSSR count). The molecule has 5 nitrogen and oxygen atoms in total. The topological polar surface area (TPSA) is 74.8 Å². The molecule has 4 aromatic rings. The van der Waals surface area contributed by atoms with Gasteiger partial charge in [0.05, 0.1) is 21.6 Å². The van der Waals surface area contributed by atoms with Gasteiger partial charge >= 0.3 is 0 Å². The fourth-order valence-corrected chi connectivity index (χ4v) is 6.12. The molecule has 0 aliphatic heterocycles. The predicted octanol–water partition coefficient (Wildman–Crippen LogP) is 5.58. The summed E-state index contributed by atoms with van der Waals surface area (Å²) in [5.74, 6) is 0.588.